The number of hydrogen-bond acceptors (Lipinski definition) is 2. The molecule has 1 saturated heterocycles. The summed E-state index contributed by atoms with van der Waals surface area (Å²) in [4.78, 5) is 25.4. The van der Waals surface area contributed by atoms with Crippen LogP contribution in [0.15, 0.2) is 0 Å². The smallest absolute Gasteiger partial charge is 0.317 e. The van der Waals surface area contributed by atoms with Crippen LogP contribution in [0, 0.1) is 17.8 Å². The van der Waals surface area contributed by atoms with Crippen molar-refractivity contribution in [2.75, 3.05) is 13.1 Å². The first kappa shape index (κ1) is 16.1. The van der Waals surface area contributed by atoms with Crippen LogP contribution in [0.3, 0.4) is 0 Å². The quantitative estimate of drug-likeness (QED) is 0.838. The molecule has 5 nitrogen and oxygen atoms in total. The summed E-state index contributed by atoms with van der Waals surface area (Å²) in [5.41, 5.74) is 0. The van der Waals surface area contributed by atoms with Crippen molar-refractivity contribution in [3.05, 3.63) is 0 Å². The lowest BCUT2D eigenvalue weighted by Gasteiger charge is -2.36. The zero-order chi connectivity index (χ0) is 15.4. The molecule has 5 heteroatoms. The lowest BCUT2D eigenvalue weighted by Crippen LogP contribution is -2.52. The molecule has 1 aliphatic heterocycles. The minimum absolute atomic E-state index is 0.0773. The van der Waals surface area contributed by atoms with Crippen molar-refractivity contribution in [3.63, 3.8) is 0 Å². The van der Waals surface area contributed by atoms with E-state index in [2.05, 4.69) is 12.2 Å². The van der Waals surface area contributed by atoms with Gasteiger partial charge in [-0.3, -0.25) is 4.79 Å². The first-order valence-electron chi connectivity index (χ1n) is 8.29. The van der Waals surface area contributed by atoms with Crippen molar-refractivity contribution in [2.24, 2.45) is 17.8 Å². The summed E-state index contributed by atoms with van der Waals surface area (Å²) < 4.78 is 0. The number of carbonyl (C=O) groups excluding carboxylic acids is 1. The number of likely N-dealkylation sites (tertiary alicyclic amines) is 1. The van der Waals surface area contributed by atoms with Gasteiger partial charge in [0.25, 0.3) is 0 Å². The Kier molecular flexibility index (Phi) is 5.48. The van der Waals surface area contributed by atoms with Crippen molar-refractivity contribution < 1.29 is 14.7 Å². The highest BCUT2D eigenvalue weighted by molar-refractivity contribution is 5.76. The van der Waals surface area contributed by atoms with Crippen molar-refractivity contribution in [2.45, 2.75) is 58.4 Å². The topological polar surface area (TPSA) is 69.6 Å². The molecule has 120 valence electrons. The highest BCUT2D eigenvalue weighted by Gasteiger charge is 2.33. The van der Waals surface area contributed by atoms with Gasteiger partial charge in [-0.15, -0.1) is 0 Å². The predicted octanol–water partition coefficient (Wildman–Crippen LogP) is 2.71. The van der Waals surface area contributed by atoms with E-state index in [1.807, 2.05) is 6.92 Å². The molecule has 2 N–H and O–H groups in total. The van der Waals surface area contributed by atoms with Crippen LogP contribution in [-0.4, -0.2) is 41.1 Å². The zero-order valence-corrected chi connectivity index (χ0v) is 13.2. The number of carbonyl (C=O) groups is 2. The number of rotatable bonds is 4. The molecule has 2 rings (SSSR count). The Labute approximate surface area is 127 Å². The molecule has 1 aliphatic carbocycles. The fourth-order valence-corrected chi connectivity index (χ4v) is 3.86. The molecule has 3 atom stereocenters. The normalized spacial score (nSPS) is 28.4. The van der Waals surface area contributed by atoms with Gasteiger partial charge in [0.05, 0.1) is 5.92 Å². The van der Waals surface area contributed by atoms with Gasteiger partial charge in [-0.2, -0.15) is 0 Å². The van der Waals surface area contributed by atoms with Crippen molar-refractivity contribution in [1.29, 1.82) is 0 Å². The molecule has 3 unspecified atom stereocenters. The minimum atomic E-state index is -0.790. The summed E-state index contributed by atoms with van der Waals surface area (Å²) in [5.74, 6) is -0.373. The Bertz CT molecular complexity index is 380. The Balaban J connectivity index is 1.93. The average molecular weight is 296 g/mol. The third-order valence-corrected chi connectivity index (χ3v) is 5.01. The summed E-state index contributed by atoms with van der Waals surface area (Å²) in [7, 11) is 0. The lowest BCUT2D eigenvalue weighted by atomic mass is 9.90. The van der Waals surface area contributed by atoms with E-state index < -0.39 is 11.9 Å². The summed E-state index contributed by atoms with van der Waals surface area (Å²) in [5, 5.41) is 12.4. The van der Waals surface area contributed by atoms with Gasteiger partial charge in [0.1, 0.15) is 0 Å². The molecule has 0 radical (unpaired) electrons. The summed E-state index contributed by atoms with van der Waals surface area (Å²) in [6, 6.07) is 0.159. The molecule has 0 aromatic heterocycles. The van der Waals surface area contributed by atoms with Crippen molar-refractivity contribution in [3.8, 4) is 0 Å². The number of hydrogen-bond donors (Lipinski definition) is 2. The number of urea groups is 1. The number of piperidine rings is 1. The maximum Gasteiger partial charge on any atom is 0.317 e. The van der Waals surface area contributed by atoms with Crippen LogP contribution >= 0.6 is 0 Å². The largest absolute Gasteiger partial charge is 0.481 e. The Morgan fingerprint density at radius 3 is 2.52 bits per heavy atom. The monoisotopic (exact) mass is 296 g/mol. The van der Waals surface area contributed by atoms with Crippen LogP contribution in [-0.2, 0) is 4.79 Å². The lowest BCUT2D eigenvalue weighted by molar-refractivity contribution is -0.143. The summed E-state index contributed by atoms with van der Waals surface area (Å²) in [6.07, 6.45) is 6.54. The van der Waals surface area contributed by atoms with Gasteiger partial charge in [-0.05, 0) is 37.5 Å². The number of amides is 2. The van der Waals surface area contributed by atoms with Crippen LogP contribution in [0.1, 0.15) is 52.4 Å². The third-order valence-electron chi connectivity index (χ3n) is 5.01. The van der Waals surface area contributed by atoms with Crippen molar-refractivity contribution >= 4 is 12.0 Å². The maximum absolute atomic E-state index is 12.5. The second-order valence-electron chi connectivity index (χ2n) is 6.79. The number of nitrogens with one attached hydrogen (secondary N) is 1. The number of carboxylic acid groups (broad SMARTS) is 1. The molecule has 0 aromatic carbocycles. The molecular weight excluding hydrogens is 268 g/mol. The van der Waals surface area contributed by atoms with E-state index in [9.17, 15) is 14.7 Å². The standard InChI is InChI=1S/C16H28N2O3/c1-3-14(12-6-4-5-7-12)17-16(21)18-9-11(2)8-13(10-18)15(19)20/h11-14H,3-10H2,1-2H3,(H,17,21)(H,19,20). The highest BCUT2D eigenvalue weighted by atomic mass is 16.4. The van der Waals surface area contributed by atoms with Gasteiger partial charge in [-0.25, -0.2) is 4.79 Å². The molecule has 2 aliphatic rings. The van der Waals surface area contributed by atoms with Gasteiger partial charge in [0, 0.05) is 19.1 Å². The first-order valence-corrected chi connectivity index (χ1v) is 8.29. The molecule has 2 fully saturated rings. The Morgan fingerprint density at radius 2 is 1.95 bits per heavy atom. The van der Waals surface area contributed by atoms with E-state index in [0.29, 0.717) is 25.4 Å². The molecule has 1 heterocycles. The van der Waals surface area contributed by atoms with E-state index in [-0.39, 0.29) is 18.0 Å². The maximum atomic E-state index is 12.5. The third kappa shape index (κ3) is 4.11. The van der Waals surface area contributed by atoms with Crippen LogP contribution < -0.4 is 5.32 Å². The Morgan fingerprint density at radius 1 is 1.29 bits per heavy atom. The molecule has 0 spiro atoms. The van der Waals surface area contributed by atoms with Gasteiger partial charge in [0.15, 0.2) is 0 Å². The van der Waals surface area contributed by atoms with Crippen LogP contribution in [0.4, 0.5) is 4.79 Å². The molecule has 0 aromatic rings. The number of nitrogens with zero attached hydrogens (tertiary/aromatic N) is 1. The molecule has 1 saturated carbocycles. The highest BCUT2D eigenvalue weighted by Crippen LogP contribution is 2.29. The fourth-order valence-electron chi connectivity index (χ4n) is 3.86. The van der Waals surface area contributed by atoms with E-state index in [1.165, 1.54) is 25.7 Å². The second kappa shape index (κ2) is 7.14. The first-order chi connectivity index (χ1) is 10.0. The van der Waals surface area contributed by atoms with E-state index in [1.54, 1.807) is 4.90 Å². The Hall–Kier alpha value is -1.26. The molecular formula is C16H28N2O3. The SMILES string of the molecule is CCC(NC(=O)N1CC(C)CC(C(=O)O)C1)C1CCCC1. The van der Waals surface area contributed by atoms with Crippen molar-refractivity contribution in [1.82, 2.24) is 10.2 Å². The molecule has 21 heavy (non-hydrogen) atoms. The van der Waals surface area contributed by atoms with Crippen LogP contribution in [0.5, 0.6) is 0 Å². The van der Waals surface area contributed by atoms with E-state index in [0.717, 1.165) is 6.42 Å². The van der Waals surface area contributed by atoms with Gasteiger partial charge in [-0.1, -0.05) is 26.7 Å². The summed E-state index contributed by atoms with van der Waals surface area (Å²) in [6.45, 7) is 5.13. The number of carboxylic acids is 1. The van der Waals surface area contributed by atoms with Gasteiger partial charge in [0.2, 0.25) is 0 Å². The molecule has 0 bridgehead atoms. The van der Waals surface area contributed by atoms with E-state index in [4.69, 9.17) is 0 Å². The second-order valence-corrected chi connectivity index (χ2v) is 6.79. The summed E-state index contributed by atoms with van der Waals surface area (Å²) >= 11 is 0. The predicted molar refractivity (Wildman–Crippen MR) is 81.0 cm³/mol. The molecule has 2 amide bonds. The average Bonchev–Trinajstić information content (AvgIpc) is 2.97. The zero-order valence-electron chi connectivity index (χ0n) is 13.2. The van der Waals surface area contributed by atoms with Gasteiger partial charge >= 0.3 is 12.0 Å². The van der Waals surface area contributed by atoms with Crippen LogP contribution in [0.25, 0.3) is 0 Å². The minimum Gasteiger partial charge on any atom is -0.481 e. The van der Waals surface area contributed by atoms with Crippen LogP contribution in [0.2, 0.25) is 0 Å². The number of aliphatic carboxylic acids is 1. The van der Waals surface area contributed by atoms with Gasteiger partial charge < -0.3 is 15.3 Å². The van der Waals surface area contributed by atoms with E-state index >= 15 is 0 Å². The fraction of sp³-hybridized carbons (Fsp3) is 0.875.